The van der Waals surface area contributed by atoms with Crippen molar-refractivity contribution in [1.29, 1.82) is 0 Å². The summed E-state index contributed by atoms with van der Waals surface area (Å²) in [5.41, 5.74) is 5.60. The Labute approximate surface area is 113 Å². The van der Waals surface area contributed by atoms with E-state index in [9.17, 15) is 14.5 Å². The minimum atomic E-state index is -0.852. The Hall–Kier alpha value is -2.83. The van der Waals surface area contributed by atoms with Crippen LogP contribution in [0.15, 0.2) is 36.4 Å². The number of nitro benzene ring substituents is 1. The smallest absolute Gasteiger partial charge is 0.314 e. The zero-order valence-electron chi connectivity index (χ0n) is 10.5. The average Bonchev–Trinajstić information content (AvgIpc) is 2.42. The van der Waals surface area contributed by atoms with E-state index in [4.69, 9.17) is 15.2 Å². The number of nitro groups is 1. The van der Waals surface area contributed by atoms with Crippen LogP contribution in [0.2, 0.25) is 0 Å². The molecule has 2 aromatic carbocycles. The Bertz CT molecular complexity index is 644. The van der Waals surface area contributed by atoms with Gasteiger partial charge in [0.05, 0.1) is 18.1 Å². The highest BCUT2D eigenvalue weighted by molar-refractivity contribution is 5.52. The highest BCUT2D eigenvalue weighted by Crippen LogP contribution is 2.35. The Morgan fingerprint density at radius 1 is 1.20 bits per heavy atom. The Kier molecular flexibility index (Phi) is 3.69. The second-order valence-corrected chi connectivity index (χ2v) is 3.88. The SMILES string of the molecule is COc1cc(Oc2ccc(N)cc2)c(F)cc1[N+](=O)[O-]. The zero-order chi connectivity index (χ0) is 14.7. The summed E-state index contributed by atoms with van der Waals surface area (Å²) in [6.07, 6.45) is 0. The van der Waals surface area contributed by atoms with Gasteiger partial charge in [0, 0.05) is 11.8 Å². The lowest BCUT2D eigenvalue weighted by Gasteiger charge is -2.09. The first-order valence-electron chi connectivity index (χ1n) is 5.56. The number of halogens is 1. The maximum atomic E-state index is 13.8. The summed E-state index contributed by atoms with van der Waals surface area (Å²) in [5, 5.41) is 10.7. The van der Waals surface area contributed by atoms with E-state index in [1.807, 2.05) is 0 Å². The fraction of sp³-hybridized carbons (Fsp3) is 0.0769. The molecule has 0 heterocycles. The molecule has 0 amide bonds. The fourth-order valence-corrected chi connectivity index (χ4v) is 1.57. The molecule has 0 atom stereocenters. The van der Waals surface area contributed by atoms with Crippen LogP contribution in [0.25, 0.3) is 0 Å². The molecule has 6 nitrogen and oxygen atoms in total. The maximum Gasteiger partial charge on any atom is 0.314 e. The van der Waals surface area contributed by atoms with Gasteiger partial charge in [-0.1, -0.05) is 0 Å². The Balaban J connectivity index is 2.37. The molecule has 0 saturated heterocycles. The van der Waals surface area contributed by atoms with Crippen molar-refractivity contribution >= 4 is 11.4 Å². The molecule has 0 aromatic heterocycles. The first-order valence-corrected chi connectivity index (χ1v) is 5.56. The number of nitrogens with zero attached hydrogens (tertiary/aromatic N) is 1. The fourth-order valence-electron chi connectivity index (χ4n) is 1.57. The molecule has 7 heteroatoms. The van der Waals surface area contributed by atoms with Crippen molar-refractivity contribution in [2.45, 2.75) is 0 Å². The van der Waals surface area contributed by atoms with Gasteiger partial charge < -0.3 is 15.2 Å². The second-order valence-electron chi connectivity index (χ2n) is 3.88. The topological polar surface area (TPSA) is 87.6 Å². The molecule has 0 saturated carbocycles. The molecule has 0 unspecified atom stereocenters. The Morgan fingerprint density at radius 3 is 2.40 bits per heavy atom. The van der Waals surface area contributed by atoms with Crippen LogP contribution in [0.1, 0.15) is 0 Å². The molecule has 2 rings (SSSR count). The van der Waals surface area contributed by atoms with Gasteiger partial charge in [-0.15, -0.1) is 0 Å². The van der Waals surface area contributed by atoms with Gasteiger partial charge in [0.1, 0.15) is 5.75 Å². The third kappa shape index (κ3) is 2.77. The van der Waals surface area contributed by atoms with Crippen LogP contribution in [-0.4, -0.2) is 12.0 Å². The highest BCUT2D eigenvalue weighted by atomic mass is 19.1. The van der Waals surface area contributed by atoms with E-state index in [0.717, 1.165) is 12.1 Å². The lowest BCUT2D eigenvalue weighted by molar-refractivity contribution is -0.386. The van der Waals surface area contributed by atoms with E-state index in [1.165, 1.54) is 7.11 Å². The third-order valence-corrected chi connectivity index (χ3v) is 2.54. The molecule has 20 heavy (non-hydrogen) atoms. The summed E-state index contributed by atoms with van der Waals surface area (Å²) >= 11 is 0. The quantitative estimate of drug-likeness (QED) is 0.527. The minimum Gasteiger partial charge on any atom is -0.490 e. The number of nitrogens with two attached hydrogens (primary N) is 1. The van der Waals surface area contributed by atoms with E-state index in [-0.39, 0.29) is 11.5 Å². The Morgan fingerprint density at radius 2 is 1.85 bits per heavy atom. The van der Waals surface area contributed by atoms with Gasteiger partial charge in [0.25, 0.3) is 0 Å². The van der Waals surface area contributed by atoms with Crippen LogP contribution in [-0.2, 0) is 0 Å². The van der Waals surface area contributed by atoms with Crippen LogP contribution in [0.5, 0.6) is 17.2 Å². The van der Waals surface area contributed by atoms with Crippen LogP contribution in [0, 0.1) is 15.9 Å². The number of anilines is 1. The summed E-state index contributed by atoms with van der Waals surface area (Å²) in [6.45, 7) is 0. The average molecular weight is 278 g/mol. The highest BCUT2D eigenvalue weighted by Gasteiger charge is 2.20. The van der Waals surface area contributed by atoms with Gasteiger partial charge in [0.15, 0.2) is 11.6 Å². The molecule has 0 fully saturated rings. The predicted octanol–water partition coefficient (Wildman–Crippen LogP) is 3.12. The van der Waals surface area contributed by atoms with E-state index in [1.54, 1.807) is 24.3 Å². The van der Waals surface area contributed by atoms with Gasteiger partial charge >= 0.3 is 5.69 Å². The maximum absolute atomic E-state index is 13.8. The number of hydrogen-bond donors (Lipinski definition) is 1. The minimum absolute atomic E-state index is 0.0816. The lowest BCUT2D eigenvalue weighted by atomic mass is 10.2. The molecule has 0 aliphatic rings. The van der Waals surface area contributed by atoms with Gasteiger partial charge in [-0.25, -0.2) is 4.39 Å². The molecule has 0 bridgehead atoms. The van der Waals surface area contributed by atoms with E-state index >= 15 is 0 Å². The molecule has 2 N–H and O–H groups in total. The van der Waals surface area contributed by atoms with Crippen molar-refractivity contribution < 1.29 is 18.8 Å². The number of benzene rings is 2. The molecule has 0 aliphatic carbocycles. The molecule has 2 aromatic rings. The van der Waals surface area contributed by atoms with Crippen molar-refractivity contribution in [2.24, 2.45) is 0 Å². The third-order valence-electron chi connectivity index (χ3n) is 2.54. The van der Waals surface area contributed by atoms with Gasteiger partial charge in [-0.05, 0) is 24.3 Å². The van der Waals surface area contributed by atoms with Crippen molar-refractivity contribution in [3.05, 3.63) is 52.3 Å². The van der Waals surface area contributed by atoms with E-state index < -0.39 is 16.4 Å². The van der Waals surface area contributed by atoms with Gasteiger partial charge in [0.2, 0.25) is 5.75 Å². The molecule has 0 radical (unpaired) electrons. The van der Waals surface area contributed by atoms with Crippen LogP contribution < -0.4 is 15.2 Å². The normalized spacial score (nSPS) is 10.1. The van der Waals surface area contributed by atoms with Gasteiger partial charge in [-0.2, -0.15) is 0 Å². The number of rotatable bonds is 4. The summed E-state index contributed by atoms with van der Waals surface area (Å²) in [4.78, 5) is 10.0. The first-order chi connectivity index (χ1) is 9.51. The van der Waals surface area contributed by atoms with E-state index in [0.29, 0.717) is 11.4 Å². The van der Waals surface area contributed by atoms with Crippen molar-refractivity contribution in [3.8, 4) is 17.2 Å². The van der Waals surface area contributed by atoms with Crippen LogP contribution in [0.4, 0.5) is 15.8 Å². The largest absolute Gasteiger partial charge is 0.490 e. The molecule has 104 valence electrons. The van der Waals surface area contributed by atoms with Crippen molar-refractivity contribution in [2.75, 3.05) is 12.8 Å². The predicted molar refractivity (Wildman–Crippen MR) is 70.5 cm³/mol. The van der Waals surface area contributed by atoms with Crippen molar-refractivity contribution in [3.63, 3.8) is 0 Å². The summed E-state index contributed by atoms with van der Waals surface area (Å²) in [6, 6.07) is 8.19. The molecule has 0 aliphatic heterocycles. The number of nitrogen functional groups attached to an aromatic ring is 1. The number of methoxy groups -OCH3 is 1. The standard InChI is InChI=1S/C13H11FN2O4/c1-19-13-7-12(10(14)6-11(13)16(17)18)20-9-4-2-8(15)3-5-9/h2-7H,15H2,1H3. The van der Waals surface area contributed by atoms with Crippen LogP contribution in [0.3, 0.4) is 0 Å². The summed E-state index contributed by atoms with van der Waals surface area (Å²) in [5.74, 6) is -0.748. The van der Waals surface area contributed by atoms with Crippen LogP contribution >= 0.6 is 0 Å². The monoisotopic (exact) mass is 278 g/mol. The lowest BCUT2D eigenvalue weighted by Crippen LogP contribution is -1.97. The first kappa shape index (κ1) is 13.6. The molecular formula is C13H11FN2O4. The van der Waals surface area contributed by atoms with Crippen molar-refractivity contribution in [1.82, 2.24) is 0 Å². The number of ether oxygens (including phenoxy) is 2. The second kappa shape index (κ2) is 5.43. The summed E-state index contributed by atoms with van der Waals surface area (Å²) in [7, 11) is 1.26. The molecule has 0 spiro atoms. The van der Waals surface area contributed by atoms with Gasteiger partial charge in [-0.3, -0.25) is 10.1 Å². The molecular weight excluding hydrogens is 267 g/mol. The number of hydrogen-bond acceptors (Lipinski definition) is 5. The summed E-state index contributed by atoms with van der Waals surface area (Å²) < 4.78 is 23.9. The van der Waals surface area contributed by atoms with E-state index in [2.05, 4.69) is 0 Å². The zero-order valence-corrected chi connectivity index (χ0v) is 10.5.